The van der Waals surface area contributed by atoms with Crippen LogP contribution in [-0.4, -0.2) is 85.9 Å². The second-order valence-electron chi connectivity index (χ2n) is 32.3. The lowest BCUT2D eigenvalue weighted by atomic mass is 9.30. The van der Waals surface area contributed by atoms with Crippen molar-refractivity contribution in [3.8, 4) is 0 Å². The molecule has 9 nitrogen and oxygen atoms in total. The van der Waals surface area contributed by atoms with Crippen molar-refractivity contribution < 1.29 is 40.2 Å². The van der Waals surface area contributed by atoms with E-state index in [1.54, 1.807) is 5.57 Å². The molecular weight excluding hydrogens is 959 g/mol. The zero-order valence-corrected chi connectivity index (χ0v) is 51.7. The molecule has 8 N–H and O–H groups in total. The van der Waals surface area contributed by atoms with Gasteiger partial charge in [0.15, 0.2) is 0 Å². The van der Waals surface area contributed by atoms with Gasteiger partial charge in [0.25, 0.3) is 0 Å². The minimum atomic E-state index is -1.43. The van der Waals surface area contributed by atoms with Gasteiger partial charge in [-0.15, -0.1) is 0 Å². The van der Waals surface area contributed by atoms with Crippen molar-refractivity contribution in [1.29, 1.82) is 0 Å². The monoisotopic (exact) mass is 1080 g/mol. The number of allylic oxidation sites excluding steroid dienone is 2. The number of carbonyl (C=O) groups excluding carboxylic acids is 1. The third-order valence-electron chi connectivity index (χ3n) is 28.9. The Labute approximate surface area is 469 Å². The fraction of sp³-hybridized carbons (Fsp3) is 0.956. The molecule has 0 aromatic heterocycles. The normalized spacial score (nSPS) is 54.4. The van der Waals surface area contributed by atoms with Crippen LogP contribution in [0, 0.1) is 145 Å². The first-order valence-electron chi connectivity index (χ1n) is 32.6. The van der Waals surface area contributed by atoms with E-state index in [4.69, 9.17) is 10.5 Å². The molecule has 9 rings (SSSR count). The highest BCUT2D eigenvalue weighted by Gasteiger charge is 2.72. The number of amides is 1. The molecule has 0 spiro atoms. The van der Waals surface area contributed by atoms with Crippen molar-refractivity contribution in [2.45, 2.75) is 256 Å². The standard InChI is InChI=1S/C68H117NO8/c1-17-36(5)37(6)25-50-56(62(69)76)68(16)39(8)32-66(14)49(51(68)33-63(50,10)11)19-20-54-64(12)23-21-44-28-43-29-45(35(3)4)48(31-52-59(73)61(75)60(74)53(34-70)77-52)58(72)47(43)30-42-27-41(18-2)57(71)40(9)46(42)26-38(7)67(44,15)55(64)22-24-65(54,66)13/h19,35-48,50-61,70-75H,17-18,20-34H2,1-16H3,(H2,69,76)/t36?,37?,38?,39-,40-,41+,42+,43?,44?,45-,46-,47+,48-,50-,51?,52+,53-,54?,55?,56?,57+,58-,59+,60-,61-,64-,65-,66-,67+,68-/m1/s1. The van der Waals surface area contributed by atoms with Gasteiger partial charge >= 0.3 is 0 Å². The van der Waals surface area contributed by atoms with Gasteiger partial charge in [-0.3, -0.25) is 4.79 Å². The topological polar surface area (TPSA) is 174 Å². The molecule has 30 atom stereocenters. The van der Waals surface area contributed by atoms with Gasteiger partial charge in [0.05, 0.1) is 24.9 Å². The summed E-state index contributed by atoms with van der Waals surface area (Å²) in [6, 6.07) is 0. The molecule has 0 radical (unpaired) electrons. The predicted molar refractivity (Wildman–Crippen MR) is 309 cm³/mol. The Kier molecular flexibility index (Phi) is 16.9. The van der Waals surface area contributed by atoms with Crippen LogP contribution in [0.5, 0.6) is 0 Å². The molecule has 0 aromatic carbocycles. The molecular formula is C68H117NO8. The van der Waals surface area contributed by atoms with Crippen LogP contribution >= 0.6 is 0 Å². The lowest BCUT2D eigenvalue weighted by molar-refractivity contribution is -0.239. The van der Waals surface area contributed by atoms with Crippen LogP contribution in [0.3, 0.4) is 0 Å². The summed E-state index contributed by atoms with van der Waals surface area (Å²) in [6.07, 6.45) is 12.8. The number of hydrogen-bond acceptors (Lipinski definition) is 8. The van der Waals surface area contributed by atoms with Crippen molar-refractivity contribution in [3.05, 3.63) is 11.6 Å². The third kappa shape index (κ3) is 9.31. The van der Waals surface area contributed by atoms with E-state index in [1.165, 1.54) is 25.7 Å². The van der Waals surface area contributed by atoms with Gasteiger partial charge in [-0.1, -0.05) is 135 Å². The fourth-order valence-electron chi connectivity index (χ4n) is 23.4. The largest absolute Gasteiger partial charge is 0.394 e. The Morgan fingerprint density at radius 2 is 1.39 bits per heavy atom. The first-order chi connectivity index (χ1) is 35.9. The third-order valence-corrected chi connectivity index (χ3v) is 28.9. The SMILES string of the molecule is CCC(C)C(C)C[C@@H]1C(C(N)=O)[C@@]2(C)C(CC1(C)C)C1=CCC3[C@@]4(C)CCC5CC6C[C@H](C(C)C)[C@@H](C[C@@H]7O[C@H](CO)[C@@H](O)[C@H](O)[C@H]7O)[C@H](O)[C@H]6C[C@@H]6C[C@H](CC)[C@@H](O)[C@H](C)[C@H]6CC(C)[C@]5(C)C4CC[C@@]3(C)[C@]1(C)C[C@H]2C. The van der Waals surface area contributed by atoms with Gasteiger partial charge in [0.2, 0.25) is 5.91 Å². The molecule has 8 fully saturated rings. The molecule has 8 aliphatic carbocycles. The van der Waals surface area contributed by atoms with Crippen molar-refractivity contribution >= 4 is 5.91 Å². The summed E-state index contributed by atoms with van der Waals surface area (Å²) in [5.41, 5.74) is 8.52. The minimum absolute atomic E-state index is 0.0131. The summed E-state index contributed by atoms with van der Waals surface area (Å²) in [5.74, 6) is 5.74. The number of aliphatic hydroxyl groups is 6. The summed E-state index contributed by atoms with van der Waals surface area (Å²) in [6.45, 7) is 39.4. The lowest BCUT2D eigenvalue weighted by Gasteiger charge is -2.74. The second kappa shape index (κ2) is 21.5. The van der Waals surface area contributed by atoms with Gasteiger partial charge in [0.1, 0.15) is 24.4 Å². The van der Waals surface area contributed by atoms with Crippen LogP contribution < -0.4 is 5.73 Å². The lowest BCUT2D eigenvalue weighted by Crippen LogP contribution is -2.68. The first kappa shape index (κ1) is 60.5. The average molecular weight is 1080 g/mol. The minimum Gasteiger partial charge on any atom is -0.394 e. The molecule has 77 heavy (non-hydrogen) atoms. The summed E-state index contributed by atoms with van der Waals surface area (Å²) in [7, 11) is 0. The molecule has 1 heterocycles. The predicted octanol–water partition coefficient (Wildman–Crippen LogP) is 12.3. The Bertz CT molecular complexity index is 2130. The van der Waals surface area contributed by atoms with Crippen molar-refractivity contribution in [1.82, 2.24) is 0 Å². The van der Waals surface area contributed by atoms with Crippen LogP contribution in [0.4, 0.5) is 0 Å². The summed E-state index contributed by atoms with van der Waals surface area (Å²) < 4.78 is 6.21. The maximum absolute atomic E-state index is 14.2. The van der Waals surface area contributed by atoms with E-state index < -0.39 is 43.2 Å². The molecule has 1 saturated heterocycles. The highest BCUT2D eigenvalue weighted by Crippen LogP contribution is 2.79. The number of carbonyl (C=O) groups is 1. The molecule has 0 aromatic rings. The Morgan fingerprint density at radius 3 is 2.01 bits per heavy atom. The number of nitrogens with two attached hydrogens (primary N) is 1. The van der Waals surface area contributed by atoms with Crippen molar-refractivity contribution in [2.75, 3.05) is 6.61 Å². The molecule has 9 heteroatoms. The van der Waals surface area contributed by atoms with Crippen LogP contribution in [0.15, 0.2) is 11.6 Å². The van der Waals surface area contributed by atoms with Gasteiger partial charge in [-0.2, -0.15) is 0 Å². The number of hydrogen-bond donors (Lipinski definition) is 7. The Balaban J connectivity index is 1.07. The van der Waals surface area contributed by atoms with Crippen LogP contribution in [0.2, 0.25) is 0 Å². The summed E-state index contributed by atoms with van der Waals surface area (Å²) in [5, 5.41) is 68.6. The van der Waals surface area contributed by atoms with Gasteiger partial charge in [0, 0.05) is 5.92 Å². The molecule has 1 aliphatic heterocycles. The first-order valence-corrected chi connectivity index (χ1v) is 32.6. The Morgan fingerprint density at radius 1 is 0.727 bits per heavy atom. The van der Waals surface area contributed by atoms with E-state index in [0.29, 0.717) is 71.5 Å². The van der Waals surface area contributed by atoms with Crippen molar-refractivity contribution in [2.24, 2.45) is 151 Å². The molecule has 9 aliphatic rings. The smallest absolute Gasteiger partial charge is 0.221 e. The summed E-state index contributed by atoms with van der Waals surface area (Å²) >= 11 is 0. The van der Waals surface area contributed by atoms with E-state index in [1.807, 2.05) is 0 Å². The number of fused-ring (bicyclic) bond motifs is 11. The van der Waals surface area contributed by atoms with Crippen LogP contribution in [-0.2, 0) is 9.53 Å². The van der Waals surface area contributed by atoms with E-state index >= 15 is 0 Å². The maximum Gasteiger partial charge on any atom is 0.221 e. The molecule has 1 amide bonds. The molecule has 9 unspecified atom stereocenters. The zero-order valence-electron chi connectivity index (χ0n) is 51.7. The maximum atomic E-state index is 14.2. The highest BCUT2D eigenvalue weighted by atomic mass is 16.5. The highest BCUT2D eigenvalue weighted by molar-refractivity contribution is 5.78. The molecule has 442 valence electrons. The zero-order chi connectivity index (χ0) is 56.6. The van der Waals surface area contributed by atoms with E-state index in [-0.39, 0.29) is 91.8 Å². The molecule has 0 bridgehead atoms. The number of primary amides is 1. The van der Waals surface area contributed by atoms with Crippen molar-refractivity contribution in [3.63, 3.8) is 0 Å². The Hall–Kier alpha value is -1.07. The van der Waals surface area contributed by atoms with E-state index in [0.717, 1.165) is 70.6 Å². The fourth-order valence-corrected chi connectivity index (χ4v) is 23.4. The van der Waals surface area contributed by atoms with E-state index in [9.17, 15) is 35.4 Å². The van der Waals surface area contributed by atoms with Crippen LogP contribution in [0.1, 0.15) is 214 Å². The van der Waals surface area contributed by atoms with Gasteiger partial charge in [-0.05, 0) is 229 Å². The van der Waals surface area contributed by atoms with Gasteiger partial charge < -0.3 is 41.1 Å². The number of rotatable bonds is 10. The van der Waals surface area contributed by atoms with E-state index in [2.05, 4.69) is 117 Å². The number of ether oxygens (including phenoxy) is 1. The number of aliphatic hydroxyl groups excluding tert-OH is 6. The molecule has 7 saturated carbocycles. The average Bonchev–Trinajstić information content (AvgIpc) is 3.39. The summed E-state index contributed by atoms with van der Waals surface area (Å²) in [4.78, 5) is 14.2. The van der Waals surface area contributed by atoms with Crippen LogP contribution in [0.25, 0.3) is 0 Å². The second-order valence-corrected chi connectivity index (χ2v) is 32.3. The van der Waals surface area contributed by atoms with Gasteiger partial charge in [-0.25, -0.2) is 0 Å². The quantitative estimate of drug-likeness (QED) is 0.106.